The molecule has 0 amide bonds. The van der Waals surface area contributed by atoms with E-state index in [-0.39, 0.29) is 23.9 Å². The average molecular weight is 261 g/mol. The van der Waals surface area contributed by atoms with Crippen LogP contribution in [0.2, 0.25) is 0 Å². The van der Waals surface area contributed by atoms with Crippen molar-refractivity contribution in [2.75, 3.05) is 6.61 Å². The lowest BCUT2D eigenvalue weighted by Crippen LogP contribution is -2.43. The summed E-state index contributed by atoms with van der Waals surface area (Å²) in [4.78, 5) is 10.4. The zero-order valence-electron chi connectivity index (χ0n) is 9.63. The zero-order valence-corrected chi connectivity index (χ0v) is 10.5. The Balaban J connectivity index is 2.92. The molecule has 0 aliphatic heterocycles. The molecule has 0 spiro atoms. The van der Waals surface area contributed by atoms with Gasteiger partial charge in [-0.3, -0.25) is 4.79 Å². The largest absolute Gasteiger partial charge is 0.440 e. The van der Waals surface area contributed by atoms with E-state index in [1.54, 1.807) is 13.8 Å². The summed E-state index contributed by atoms with van der Waals surface area (Å²) < 4.78 is 30.9. The molecule has 0 bridgehead atoms. The number of rotatable bonds is 6. The van der Waals surface area contributed by atoms with E-state index >= 15 is 0 Å². The van der Waals surface area contributed by atoms with Crippen LogP contribution in [0.1, 0.15) is 30.8 Å². The van der Waals surface area contributed by atoms with Gasteiger partial charge >= 0.3 is 0 Å². The molecule has 0 saturated carbocycles. The van der Waals surface area contributed by atoms with Crippen molar-refractivity contribution in [1.82, 2.24) is 4.72 Å². The summed E-state index contributed by atoms with van der Waals surface area (Å²) in [6.45, 7) is 3.15. The molecule has 0 unspecified atom stereocenters. The third kappa shape index (κ3) is 3.65. The van der Waals surface area contributed by atoms with Crippen LogP contribution in [0.15, 0.2) is 21.6 Å². The number of aliphatic hydroxyl groups excluding tert-OH is 1. The van der Waals surface area contributed by atoms with Gasteiger partial charge in [0.2, 0.25) is 5.09 Å². The molecule has 0 saturated heterocycles. The lowest BCUT2D eigenvalue weighted by molar-refractivity contribution is 0.109. The van der Waals surface area contributed by atoms with E-state index in [0.29, 0.717) is 6.29 Å². The highest BCUT2D eigenvalue weighted by Crippen LogP contribution is 2.17. The van der Waals surface area contributed by atoms with Gasteiger partial charge in [-0.2, -0.15) is 0 Å². The number of carbonyl (C=O) groups is 1. The molecule has 0 aliphatic carbocycles. The fraction of sp³-hybridized carbons (Fsp3) is 0.500. The van der Waals surface area contributed by atoms with Crippen LogP contribution >= 0.6 is 0 Å². The van der Waals surface area contributed by atoms with Gasteiger partial charge in [0.1, 0.15) is 0 Å². The van der Waals surface area contributed by atoms with Crippen molar-refractivity contribution >= 4 is 16.3 Å². The van der Waals surface area contributed by atoms with E-state index in [9.17, 15) is 13.2 Å². The van der Waals surface area contributed by atoms with Gasteiger partial charge in [0.25, 0.3) is 10.0 Å². The fourth-order valence-corrected chi connectivity index (χ4v) is 2.67. The summed E-state index contributed by atoms with van der Waals surface area (Å²) in [6, 6.07) is 2.49. The first-order valence-corrected chi connectivity index (χ1v) is 6.49. The second-order valence-electron chi connectivity index (χ2n) is 4.24. The third-order valence-electron chi connectivity index (χ3n) is 2.13. The smallest absolute Gasteiger partial charge is 0.274 e. The molecule has 1 heterocycles. The van der Waals surface area contributed by atoms with E-state index in [1.807, 2.05) is 0 Å². The van der Waals surface area contributed by atoms with Crippen molar-refractivity contribution in [2.24, 2.45) is 0 Å². The molecule has 0 atom stereocenters. The molecule has 1 rings (SSSR count). The topological polar surface area (TPSA) is 96.6 Å². The Morgan fingerprint density at radius 1 is 1.47 bits per heavy atom. The Morgan fingerprint density at radius 3 is 2.59 bits per heavy atom. The van der Waals surface area contributed by atoms with Crippen LogP contribution in [0.25, 0.3) is 0 Å². The molecule has 0 aliphatic rings. The van der Waals surface area contributed by atoms with Crippen LogP contribution in [-0.2, 0) is 10.0 Å². The van der Waals surface area contributed by atoms with Gasteiger partial charge in [0.05, 0.1) is 0 Å². The second-order valence-corrected chi connectivity index (χ2v) is 5.85. The highest BCUT2D eigenvalue weighted by Gasteiger charge is 2.27. The van der Waals surface area contributed by atoms with Gasteiger partial charge in [-0.05, 0) is 32.4 Å². The summed E-state index contributed by atoms with van der Waals surface area (Å²) in [5, 5.41) is 8.49. The van der Waals surface area contributed by atoms with E-state index in [1.165, 1.54) is 12.1 Å². The van der Waals surface area contributed by atoms with Gasteiger partial charge in [0, 0.05) is 12.1 Å². The van der Waals surface area contributed by atoms with Gasteiger partial charge in [-0.15, -0.1) is 0 Å². The number of furan rings is 1. The van der Waals surface area contributed by atoms with Crippen molar-refractivity contribution in [2.45, 2.75) is 30.9 Å². The molecule has 6 nitrogen and oxygen atoms in total. The minimum absolute atomic E-state index is 0.0506. The molecule has 0 fully saturated rings. The minimum Gasteiger partial charge on any atom is -0.440 e. The van der Waals surface area contributed by atoms with E-state index in [0.717, 1.165) is 0 Å². The van der Waals surface area contributed by atoms with E-state index in [2.05, 4.69) is 4.72 Å². The summed E-state index contributed by atoms with van der Waals surface area (Å²) in [5.74, 6) is -0.0506. The number of aldehydes is 1. The Kier molecular flexibility index (Phi) is 4.07. The van der Waals surface area contributed by atoms with Crippen LogP contribution < -0.4 is 4.72 Å². The lowest BCUT2D eigenvalue weighted by atomic mass is 10.0. The minimum atomic E-state index is -3.82. The summed E-state index contributed by atoms with van der Waals surface area (Å²) in [7, 11) is -3.82. The van der Waals surface area contributed by atoms with Crippen molar-refractivity contribution in [3.63, 3.8) is 0 Å². The Labute approximate surface area is 99.7 Å². The van der Waals surface area contributed by atoms with Crippen molar-refractivity contribution in [1.29, 1.82) is 0 Å². The lowest BCUT2D eigenvalue weighted by Gasteiger charge is -2.24. The van der Waals surface area contributed by atoms with Gasteiger partial charge in [-0.25, -0.2) is 13.1 Å². The predicted octanol–water partition coefficient (Wildman–Crippen LogP) is 0.531. The number of carbonyl (C=O) groups excluding carboxylic acids is 1. The van der Waals surface area contributed by atoms with Crippen LogP contribution in [0.4, 0.5) is 0 Å². The SMILES string of the molecule is CC(C)(CCO)NS(=O)(=O)c1ccc(C=O)o1. The maximum atomic E-state index is 11.8. The van der Waals surface area contributed by atoms with Crippen molar-refractivity contribution in [3.8, 4) is 0 Å². The monoisotopic (exact) mass is 261 g/mol. The number of hydrogen-bond donors (Lipinski definition) is 2. The van der Waals surface area contributed by atoms with Crippen molar-refractivity contribution < 1.29 is 22.7 Å². The normalized spacial score (nSPS) is 12.6. The van der Waals surface area contributed by atoms with Gasteiger partial charge in [0.15, 0.2) is 12.0 Å². The second kappa shape index (κ2) is 4.99. The maximum absolute atomic E-state index is 11.8. The zero-order chi connectivity index (χ0) is 13.1. The summed E-state index contributed by atoms with van der Waals surface area (Å²) in [6.07, 6.45) is 0.700. The number of hydrogen-bond acceptors (Lipinski definition) is 5. The van der Waals surface area contributed by atoms with E-state index < -0.39 is 15.6 Å². The quantitative estimate of drug-likeness (QED) is 0.728. The standard InChI is InChI=1S/C10H15NO5S/c1-10(2,5-6-12)11-17(14,15)9-4-3-8(7-13)16-9/h3-4,7,11-12H,5-6H2,1-2H3. The Morgan fingerprint density at radius 2 is 2.12 bits per heavy atom. The molecule has 0 radical (unpaired) electrons. The third-order valence-corrected chi connectivity index (χ3v) is 3.70. The first-order chi connectivity index (χ1) is 7.80. The highest BCUT2D eigenvalue weighted by molar-refractivity contribution is 7.89. The van der Waals surface area contributed by atoms with Crippen LogP contribution in [0, 0.1) is 0 Å². The Hall–Kier alpha value is -1.18. The molecule has 17 heavy (non-hydrogen) atoms. The van der Waals surface area contributed by atoms with Crippen LogP contribution in [0.3, 0.4) is 0 Å². The van der Waals surface area contributed by atoms with Gasteiger partial charge < -0.3 is 9.52 Å². The molecule has 0 aromatic carbocycles. The fourth-order valence-electron chi connectivity index (χ4n) is 1.29. The van der Waals surface area contributed by atoms with Crippen molar-refractivity contribution in [3.05, 3.63) is 17.9 Å². The first kappa shape index (κ1) is 13.9. The van der Waals surface area contributed by atoms with Gasteiger partial charge in [-0.1, -0.05) is 0 Å². The molecule has 2 N–H and O–H groups in total. The molecule has 1 aromatic heterocycles. The first-order valence-electron chi connectivity index (χ1n) is 5.00. The van der Waals surface area contributed by atoms with E-state index in [4.69, 9.17) is 9.52 Å². The summed E-state index contributed by atoms with van der Waals surface area (Å²) in [5.41, 5.74) is -0.790. The average Bonchev–Trinajstić information content (AvgIpc) is 2.64. The molecule has 7 heteroatoms. The van der Waals surface area contributed by atoms with Crippen LogP contribution in [0.5, 0.6) is 0 Å². The molecule has 1 aromatic rings. The molecular weight excluding hydrogens is 246 g/mol. The predicted molar refractivity (Wildman–Crippen MR) is 60.2 cm³/mol. The summed E-state index contributed by atoms with van der Waals surface area (Å²) >= 11 is 0. The molecular formula is C10H15NO5S. The number of aliphatic hydroxyl groups is 1. The molecule has 96 valence electrons. The number of sulfonamides is 1. The Bertz CT molecular complexity index is 489. The maximum Gasteiger partial charge on any atom is 0.274 e. The van der Waals surface area contributed by atoms with Crippen LogP contribution in [-0.4, -0.2) is 32.0 Å². The highest BCUT2D eigenvalue weighted by atomic mass is 32.2. The number of nitrogens with one attached hydrogen (secondary N) is 1.